The quantitative estimate of drug-likeness (QED) is 0.628. The zero-order valence-electron chi connectivity index (χ0n) is 9.83. The zero-order valence-corrected chi connectivity index (χ0v) is 10.6. The summed E-state index contributed by atoms with van der Waals surface area (Å²) in [6, 6.07) is 0. The van der Waals surface area contributed by atoms with Gasteiger partial charge in [0.15, 0.2) is 5.82 Å². The van der Waals surface area contributed by atoms with E-state index in [1.54, 1.807) is 7.11 Å². The second-order valence-electron chi connectivity index (χ2n) is 3.58. The molecule has 1 rings (SSSR count). The number of hydrogen-bond acceptors (Lipinski definition) is 5. The average Bonchev–Trinajstić information content (AvgIpc) is 2.23. The van der Waals surface area contributed by atoms with Crippen LogP contribution in [0.1, 0.15) is 12.1 Å². The van der Waals surface area contributed by atoms with Gasteiger partial charge in [-0.15, -0.1) is 0 Å². The highest BCUT2D eigenvalue weighted by molar-refractivity contribution is 6.28. The van der Waals surface area contributed by atoms with Crippen molar-refractivity contribution in [2.45, 2.75) is 13.3 Å². The second kappa shape index (κ2) is 5.86. The van der Waals surface area contributed by atoms with E-state index in [2.05, 4.69) is 9.97 Å². The summed E-state index contributed by atoms with van der Waals surface area (Å²) in [6.07, 6.45) is 0.910. The number of hydrogen-bond donors (Lipinski definition) is 1. The van der Waals surface area contributed by atoms with Gasteiger partial charge in [-0.25, -0.2) is 4.98 Å². The van der Waals surface area contributed by atoms with Crippen molar-refractivity contribution in [3.63, 3.8) is 0 Å². The standard InChI is InChI=1S/C10H17ClN4O/c1-7-8(12)9(14-10(11)13-7)15(2)5-4-6-16-3/h4-6,12H2,1-3H3. The Hall–Kier alpha value is -1.07. The highest BCUT2D eigenvalue weighted by atomic mass is 35.5. The molecule has 0 fully saturated rings. The number of nitrogens with two attached hydrogens (primary N) is 1. The molecule has 6 heteroatoms. The molecule has 0 saturated heterocycles. The van der Waals surface area contributed by atoms with Crippen molar-refractivity contribution >= 4 is 23.1 Å². The number of aryl methyl sites for hydroxylation is 1. The fourth-order valence-corrected chi connectivity index (χ4v) is 1.58. The van der Waals surface area contributed by atoms with E-state index in [4.69, 9.17) is 22.1 Å². The molecule has 0 bridgehead atoms. The molecule has 1 aromatic heterocycles. The van der Waals surface area contributed by atoms with Crippen LogP contribution in [-0.4, -0.2) is 37.3 Å². The molecular formula is C10H17ClN4O. The van der Waals surface area contributed by atoms with Gasteiger partial charge in [-0.2, -0.15) is 4.98 Å². The Morgan fingerprint density at radius 3 is 2.75 bits per heavy atom. The van der Waals surface area contributed by atoms with Crippen LogP contribution in [0.15, 0.2) is 0 Å². The fraction of sp³-hybridized carbons (Fsp3) is 0.600. The Labute approximate surface area is 101 Å². The minimum Gasteiger partial charge on any atom is -0.394 e. The minimum absolute atomic E-state index is 0.222. The van der Waals surface area contributed by atoms with Gasteiger partial charge in [0, 0.05) is 27.3 Å². The van der Waals surface area contributed by atoms with Gasteiger partial charge in [-0.1, -0.05) is 0 Å². The van der Waals surface area contributed by atoms with Gasteiger partial charge in [-0.05, 0) is 24.9 Å². The Bertz CT molecular complexity index is 359. The monoisotopic (exact) mass is 244 g/mol. The average molecular weight is 245 g/mol. The molecule has 0 unspecified atom stereocenters. The molecular weight excluding hydrogens is 228 g/mol. The Kier molecular flexibility index (Phi) is 4.76. The zero-order chi connectivity index (χ0) is 12.1. The van der Waals surface area contributed by atoms with Crippen molar-refractivity contribution in [1.82, 2.24) is 9.97 Å². The van der Waals surface area contributed by atoms with Crippen LogP contribution in [-0.2, 0) is 4.74 Å². The highest BCUT2D eigenvalue weighted by Gasteiger charge is 2.11. The first-order valence-corrected chi connectivity index (χ1v) is 5.43. The van der Waals surface area contributed by atoms with Gasteiger partial charge in [0.05, 0.1) is 11.4 Å². The van der Waals surface area contributed by atoms with Crippen LogP contribution in [0.4, 0.5) is 11.5 Å². The highest BCUT2D eigenvalue weighted by Crippen LogP contribution is 2.23. The van der Waals surface area contributed by atoms with E-state index < -0.39 is 0 Å². The molecule has 5 nitrogen and oxygen atoms in total. The lowest BCUT2D eigenvalue weighted by atomic mass is 10.3. The summed E-state index contributed by atoms with van der Waals surface area (Å²) in [5.74, 6) is 0.675. The first-order chi connectivity index (χ1) is 7.56. The number of rotatable bonds is 5. The number of methoxy groups -OCH3 is 1. The predicted molar refractivity (Wildman–Crippen MR) is 66.0 cm³/mol. The summed E-state index contributed by atoms with van der Waals surface area (Å²) in [5.41, 5.74) is 7.18. The fourth-order valence-electron chi connectivity index (χ4n) is 1.38. The van der Waals surface area contributed by atoms with E-state index in [1.165, 1.54) is 0 Å². The molecule has 1 aromatic rings. The number of ether oxygens (including phenoxy) is 1. The Balaban J connectivity index is 2.78. The maximum atomic E-state index is 5.90. The summed E-state index contributed by atoms with van der Waals surface area (Å²) in [6.45, 7) is 3.34. The molecule has 0 aliphatic heterocycles. The topological polar surface area (TPSA) is 64.3 Å². The third-order valence-corrected chi connectivity index (χ3v) is 2.46. The molecule has 0 spiro atoms. The van der Waals surface area contributed by atoms with Crippen molar-refractivity contribution in [1.29, 1.82) is 0 Å². The van der Waals surface area contributed by atoms with Crippen LogP contribution in [0.2, 0.25) is 5.28 Å². The first-order valence-electron chi connectivity index (χ1n) is 5.06. The third-order valence-electron chi connectivity index (χ3n) is 2.29. The molecule has 0 atom stereocenters. The van der Waals surface area contributed by atoms with E-state index in [0.29, 0.717) is 23.8 Å². The minimum atomic E-state index is 0.222. The SMILES string of the molecule is COCCCN(C)c1nc(Cl)nc(C)c1N. The summed E-state index contributed by atoms with van der Waals surface area (Å²) in [7, 11) is 3.60. The smallest absolute Gasteiger partial charge is 0.224 e. The molecule has 0 aliphatic rings. The first kappa shape index (κ1) is 13.0. The number of aromatic nitrogens is 2. The lowest BCUT2D eigenvalue weighted by molar-refractivity contribution is 0.196. The van der Waals surface area contributed by atoms with Crippen molar-refractivity contribution < 1.29 is 4.74 Å². The molecule has 0 amide bonds. The summed E-state index contributed by atoms with van der Waals surface area (Å²) in [5, 5.41) is 0.222. The normalized spacial score (nSPS) is 10.5. The van der Waals surface area contributed by atoms with E-state index in [9.17, 15) is 0 Å². The van der Waals surface area contributed by atoms with Gasteiger partial charge in [0.25, 0.3) is 0 Å². The Morgan fingerprint density at radius 2 is 2.12 bits per heavy atom. The molecule has 0 aliphatic carbocycles. The van der Waals surface area contributed by atoms with Crippen molar-refractivity contribution in [3.8, 4) is 0 Å². The molecule has 0 radical (unpaired) electrons. The van der Waals surface area contributed by atoms with E-state index in [0.717, 1.165) is 13.0 Å². The van der Waals surface area contributed by atoms with Crippen molar-refractivity contribution in [2.24, 2.45) is 0 Å². The number of nitrogens with zero attached hydrogens (tertiary/aromatic N) is 3. The molecule has 16 heavy (non-hydrogen) atoms. The molecule has 1 heterocycles. The summed E-state index contributed by atoms with van der Waals surface area (Å²) < 4.78 is 4.99. The van der Waals surface area contributed by atoms with Gasteiger partial charge < -0.3 is 15.4 Å². The summed E-state index contributed by atoms with van der Waals surface area (Å²) >= 11 is 5.80. The number of nitrogen functional groups attached to an aromatic ring is 1. The maximum Gasteiger partial charge on any atom is 0.224 e. The van der Waals surface area contributed by atoms with Crippen LogP contribution in [0.3, 0.4) is 0 Å². The van der Waals surface area contributed by atoms with Gasteiger partial charge in [-0.3, -0.25) is 0 Å². The lowest BCUT2D eigenvalue weighted by Crippen LogP contribution is -2.22. The summed E-state index contributed by atoms with van der Waals surface area (Å²) in [4.78, 5) is 10.1. The third kappa shape index (κ3) is 3.21. The van der Waals surface area contributed by atoms with E-state index in [1.807, 2.05) is 18.9 Å². The van der Waals surface area contributed by atoms with Gasteiger partial charge in [0.1, 0.15) is 0 Å². The number of halogens is 1. The van der Waals surface area contributed by atoms with Crippen molar-refractivity contribution in [2.75, 3.05) is 37.9 Å². The molecule has 0 aromatic carbocycles. The number of anilines is 2. The van der Waals surface area contributed by atoms with Crippen LogP contribution < -0.4 is 10.6 Å². The van der Waals surface area contributed by atoms with Crippen LogP contribution in [0, 0.1) is 6.92 Å². The molecule has 2 N–H and O–H groups in total. The van der Waals surface area contributed by atoms with Crippen LogP contribution in [0.5, 0.6) is 0 Å². The predicted octanol–water partition coefficient (Wildman–Crippen LogP) is 1.49. The van der Waals surface area contributed by atoms with Gasteiger partial charge in [0.2, 0.25) is 5.28 Å². The second-order valence-corrected chi connectivity index (χ2v) is 3.92. The molecule has 0 saturated carbocycles. The van der Waals surface area contributed by atoms with Crippen LogP contribution in [0.25, 0.3) is 0 Å². The van der Waals surface area contributed by atoms with E-state index in [-0.39, 0.29) is 5.28 Å². The van der Waals surface area contributed by atoms with Crippen LogP contribution >= 0.6 is 11.6 Å². The lowest BCUT2D eigenvalue weighted by Gasteiger charge is -2.20. The van der Waals surface area contributed by atoms with E-state index >= 15 is 0 Å². The van der Waals surface area contributed by atoms with Gasteiger partial charge >= 0.3 is 0 Å². The van der Waals surface area contributed by atoms with Crippen molar-refractivity contribution in [3.05, 3.63) is 11.0 Å². The maximum absolute atomic E-state index is 5.90. The Morgan fingerprint density at radius 1 is 1.44 bits per heavy atom. The molecule has 90 valence electrons. The largest absolute Gasteiger partial charge is 0.394 e.